The first-order valence-corrected chi connectivity index (χ1v) is 8.89. The first-order chi connectivity index (χ1) is 11.0. The topological polar surface area (TPSA) is 92.3 Å². The van der Waals surface area contributed by atoms with Gasteiger partial charge in [-0.25, -0.2) is 0 Å². The molecular formula is C17H31BrN2O4. The van der Waals surface area contributed by atoms with E-state index in [0.717, 1.165) is 19.0 Å². The van der Waals surface area contributed by atoms with Crippen molar-refractivity contribution in [3.63, 3.8) is 0 Å². The average Bonchev–Trinajstić information content (AvgIpc) is 2.46. The third-order valence-corrected chi connectivity index (χ3v) is 3.15. The van der Waals surface area contributed by atoms with E-state index < -0.39 is 4.32 Å². The van der Waals surface area contributed by atoms with Crippen LogP contribution in [0.1, 0.15) is 60.3 Å². The highest BCUT2D eigenvalue weighted by molar-refractivity contribution is 9.10. The maximum Gasteiger partial charge on any atom is 0.236 e. The molecule has 0 saturated heterocycles. The van der Waals surface area contributed by atoms with Crippen molar-refractivity contribution in [1.82, 2.24) is 10.6 Å². The molecule has 0 aromatic heterocycles. The molecule has 2 amide bonds. The number of nitrogens with one attached hydrogen (secondary N) is 2. The van der Waals surface area contributed by atoms with E-state index in [0.29, 0.717) is 32.4 Å². The van der Waals surface area contributed by atoms with Crippen LogP contribution in [0.15, 0.2) is 0 Å². The number of hydrogen-bond acceptors (Lipinski definition) is 4. The number of hydrogen-bond donors (Lipinski definition) is 2. The summed E-state index contributed by atoms with van der Waals surface area (Å²) in [5.41, 5.74) is -0.332. The minimum Gasteiger partial charge on any atom is -0.356 e. The zero-order valence-corrected chi connectivity index (χ0v) is 17.0. The number of halogens is 1. The van der Waals surface area contributed by atoms with Crippen LogP contribution < -0.4 is 10.6 Å². The molecule has 0 aliphatic heterocycles. The fourth-order valence-corrected chi connectivity index (χ4v) is 1.39. The summed E-state index contributed by atoms with van der Waals surface area (Å²) in [6.45, 7) is 10.3. The van der Waals surface area contributed by atoms with Gasteiger partial charge in [-0.15, -0.1) is 0 Å². The van der Waals surface area contributed by atoms with Gasteiger partial charge in [0.15, 0.2) is 0 Å². The highest BCUT2D eigenvalue weighted by Crippen LogP contribution is 2.15. The predicted molar refractivity (Wildman–Crippen MR) is 99.1 cm³/mol. The lowest BCUT2D eigenvalue weighted by Crippen LogP contribution is -2.37. The monoisotopic (exact) mass is 406 g/mol. The number of unbranched alkanes of at least 4 members (excludes halogenated alkanes) is 2. The van der Waals surface area contributed by atoms with E-state index in [1.807, 2.05) is 20.8 Å². The van der Waals surface area contributed by atoms with E-state index in [4.69, 9.17) is 0 Å². The molecule has 0 aliphatic rings. The first kappa shape index (κ1) is 25.0. The standard InChI is InChI=1S/C9H17NO2.C8H14BrNO2/c1-9(2,3)8(12)10-6-4-5-7-11;1-8(2,9)7(12)10-5-3-4-6-11/h7H,4-6H2,1-3H3,(H,10,12);6H,3-5H2,1-2H3,(H,10,12). The Bertz CT molecular complexity index is 360. The Morgan fingerprint density at radius 1 is 0.833 bits per heavy atom. The number of carbonyl (C=O) groups excluding carboxylic acids is 4. The molecule has 0 heterocycles. The molecule has 0 bridgehead atoms. The third kappa shape index (κ3) is 15.6. The van der Waals surface area contributed by atoms with E-state index in [9.17, 15) is 19.2 Å². The van der Waals surface area contributed by atoms with Crippen molar-refractivity contribution in [2.45, 2.75) is 64.6 Å². The molecular weight excluding hydrogens is 376 g/mol. The van der Waals surface area contributed by atoms with Gasteiger partial charge in [-0.1, -0.05) is 36.7 Å². The summed E-state index contributed by atoms with van der Waals surface area (Å²) in [6.07, 6.45) is 4.17. The summed E-state index contributed by atoms with van der Waals surface area (Å²) < 4.78 is -0.520. The minimum absolute atomic E-state index is 0.0356. The lowest BCUT2D eigenvalue weighted by Gasteiger charge is -2.17. The maximum atomic E-state index is 11.2. The Kier molecular flexibility index (Phi) is 13.6. The van der Waals surface area contributed by atoms with Crippen molar-refractivity contribution < 1.29 is 19.2 Å². The Hall–Kier alpha value is -1.24. The van der Waals surface area contributed by atoms with Gasteiger partial charge in [0.05, 0.1) is 4.32 Å². The lowest BCUT2D eigenvalue weighted by atomic mass is 9.96. The molecule has 0 unspecified atom stereocenters. The van der Waals surface area contributed by atoms with Crippen LogP contribution in [0.5, 0.6) is 0 Å². The van der Waals surface area contributed by atoms with Crippen LogP contribution in [0.2, 0.25) is 0 Å². The van der Waals surface area contributed by atoms with Crippen LogP contribution in [0.3, 0.4) is 0 Å². The molecule has 0 rings (SSSR count). The van der Waals surface area contributed by atoms with Crippen LogP contribution in [0.4, 0.5) is 0 Å². The molecule has 0 fully saturated rings. The normalized spacial score (nSPS) is 10.9. The first-order valence-electron chi connectivity index (χ1n) is 8.09. The maximum absolute atomic E-state index is 11.2. The molecule has 6 nitrogen and oxygen atoms in total. The summed E-state index contributed by atoms with van der Waals surface area (Å²) in [5, 5.41) is 5.47. The van der Waals surface area contributed by atoms with Crippen molar-refractivity contribution in [3.05, 3.63) is 0 Å². The van der Waals surface area contributed by atoms with Crippen molar-refractivity contribution >= 4 is 40.3 Å². The van der Waals surface area contributed by atoms with Gasteiger partial charge < -0.3 is 20.2 Å². The number of amides is 2. The zero-order chi connectivity index (χ0) is 19.2. The molecule has 0 saturated carbocycles. The smallest absolute Gasteiger partial charge is 0.236 e. The lowest BCUT2D eigenvalue weighted by molar-refractivity contribution is -0.128. The number of alkyl halides is 1. The van der Waals surface area contributed by atoms with Crippen molar-refractivity contribution in [2.75, 3.05) is 13.1 Å². The van der Waals surface area contributed by atoms with E-state index in [1.165, 1.54) is 0 Å². The Morgan fingerprint density at radius 2 is 1.21 bits per heavy atom. The van der Waals surface area contributed by atoms with Crippen molar-refractivity contribution in [3.8, 4) is 0 Å². The van der Waals surface area contributed by atoms with Gasteiger partial charge in [0.25, 0.3) is 0 Å². The Labute approximate surface area is 153 Å². The second kappa shape index (κ2) is 13.1. The molecule has 24 heavy (non-hydrogen) atoms. The van der Waals surface area contributed by atoms with Gasteiger partial charge in [-0.3, -0.25) is 9.59 Å². The van der Waals surface area contributed by atoms with E-state index >= 15 is 0 Å². The van der Waals surface area contributed by atoms with E-state index in [1.54, 1.807) is 13.8 Å². The fourth-order valence-electron chi connectivity index (χ4n) is 1.25. The molecule has 0 radical (unpaired) electrons. The molecule has 0 aromatic carbocycles. The summed E-state index contributed by atoms with van der Waals surface area (Å²) in [7, 11) is 0. The summed E-state index contributed by atoms with van der Waals surface area (Å²) in [5.74, 6) is -0.0122. The van der Waals surface area contributed by atoms with Gasteiger partial charge >= 0.3 is 0 Å². The SMILES string of the molecule is CC(C)(Br)C(=O)NCCCC=O.CC(C)(C)C(=O)NCCCC=O. The van der Waals surface area contributed by atoms with Gasteiger partial charge in [0.2, 0.25) is 11.8 Å². The predicted octanol–water partition coefficient (Wildman–Crippen LogP) is 2.38. The van der Waals surface area contributed by atoms with Gasteiger partial charge in [0, 0.05) is 31.3 Å². The number of carbonyl (C=O) groups is 4. The zero-order valence-electron chi connectivity index (χ0n) is 15.4. The van der Waals surface area contributed by atoms with E-state index in [2.05, 4.69) is 26.6 Å². The molecule has 140 valence electrons. The van der Waals surface area contributed by atoms with Gasteiger partial charge in [-0.2, -0.15) is 0 Å². The second-order valence-electron chi connectivity index (χ2n) is 6.85. The minimum atomic E-state index is -0.520. The molecule has 0 aliphatic carbocycles. The highest BCUT2D eigenvalue weighted by atomic mass is 79.9. The van der Waals surface area contributed by atoms with Crippen molar-refractivity contribution in [1.29, 1.82) is 0 Å². The largest absolute Gasteiger partial charge is 0.356 e. The number of rotatable bonds is 9. The van der Waals surface area contributed by atoms with Gasteiger partial charge in [-0.05, 0) is 26.7 Å². The fraction of sp³-hybridized carbons (Fsp3) is 0.765. The molecule has 2 N–H and O–H groups in total. The van der Waals surface area contributed by atoms with Gasteiger partial charge in [0.1, 0.15) is 12.6 Å². The second-order valence-corrected chi connectivity index (χ2v) is 8.83. The van der Waals surface area contributed by atoms with Crippen LogP contribution in [0, 0.1) is 5.41 Å². The molecule has 0 aromatic rings. The summed E-state index contributed by atoms with van der Waals surface area (Å²) in [6, 6.07) is 0. The molecule has 7 heteroatoms. The quantitative estimate of drug-likeness (QED) is 0.349. The Morgan fingerprint density at radius 3 is 1.50 bits per heavy atom. The van der Waals surface area contributed by atoms with Crippen LogP contribution in [-0.4, -0.2) is 41.8 Å². The van der Waals surface area contributed by atoms with Crippen molar-refractivity contribution in [2.24, 2.45) is 5.41 Å². The van der Waals surface area contributed by atoms with Crippen LogP contribution in [-0.2, 0) is 19.2 Å². The Balaban J connectivity index is 0. The average molecular weight is 407 g/mol. The summed E-state index contributed by atoms with van der Waals surface area (Å²) in [4.78, 5) is 42.3. The third-order valence-electron chi connectivity index (χ3n) is 2.79. The highest BCUT2D eigenvalue weighted by Gasteiger charge is 2.22. The molecule has 0 spiro atoms. The van der Waals surface area contributed by atoms with Crippen LogP contribution in [0.25, 0.3) is 0 Å². The van der Waals surface area contributed by atoms with E-state index in [-0.39, 0.29) is 17.2 Å². The van der Waals surface area contributed by atoms with Crippen LogP contribution >= 0.6 is 15.9 Å². The molecule has 0 atom stereocenters. The number of aldehydes is 2. The summed E-state index contributed by atoms with van der Waals surface area (Å²) >= 11 is 3.23.